The third-order valence-electron chi connectivity index (χ3n) is 7.88. The molecule has 3 atom stereocenters. The van der Waals surface area contributed by atoms with Crippen molar-refractivity contribution in [3.8, 4) is 0 Å². The SMILES string of the molecule is CC(=O)N[C@@H](Cc1ccc(Cl)cc1)C(=O)N1CCN(C(=O)[C@@H]2CN(C(C)(C)C)C[C@H]2c2ccc(F)cc2F)CC1. The molecule has 2 aromatic carbocycles. The fourth-order valence-electron chi connectivity index (χ4n) is 5.62. The van der Waals surface area contributed by atoms with E-state index in [0.717, 1.165) is 11.6 Å². The molecule has 0 spiro atoms. The summed E-state index contributed by atoms with van der Waals surface area (Å²) in [6, 6.07) is 9.95. The smallest absolute Gasteiger partial charge is 0.245 e. The van der Waals surface area contributed by atoms with Crippen LogP contribution in [0.25, 0.3) is 0 Å². The summed E-state index contributed by atoms with van der Waals surface area (Å²) in [6.07, 6.45) is 0.324. The second kappa shape index (κ2) is 12.2. The van der Waals surface area contributed by atoms with Gasteiger partial charge in [0.25, 0.3) is 0 Å². The highest BCUT2D eigenvalue weighted by Gasteiger charge is 2.45. The highest BCUT2D eigenvalue weighted by molar-refractivity contribution is 6.30. The molecule has 7 nitrogen and oxygen atoms in total. The third kappa shape index (κ3) is 6.99. The van der Waals surface area contributed by atoms with E-state index in [1.807, 2.05) is 12.1 Å². The van der Waals surface area contributed by atoms with Crippen LogP contribution in [0.4, 0.5) is 8.78 Å². The first-order valence-electron chi connectivity index (χ1n) is 13.6. The Morgan fingerprint density at radius 3 is 2.17 bits per heavy atom. The summed E-state index contributed by atoms with van der Waals surface area (Å²) in [5.41, 5.74) is 0.993. The van der Waals surface area contributed by atoms with E-state index in [9.17, 15) is 23.2 Å². The largest absolute Gasteiger partial charge is 0.344 e. The van der Waals surface area contributed by atoms with E-state index >= 15 is 0 Å². The highest BCUT2D eigenvalue weighted by Crippen LogP contribution is 2.38. The minimum absolute atomic E-state index is 0.0906. The van der Waals surface area contributed by atoms with Crippen LogP contribution in [0.2, 0.25) is 5.02 Å². The van der Waals surface area contributed by atoms with Crippen LogP contribution in [0, 0.1) is 17.6 Å². The Labute approximate surface area is 239 Å². The Balaban J connectivity index is 1.45. The third-order valence-corrected chi connectivity index (χ3v) is 8.13. The van der Waals surface area contributed by atoms with Crippen LogP contribution >= 0.6 is 11.6 Å². The zero-order valence-corrected chi connectivity index (χ0v) is 24.2. The molecule has 2 aromatic rings. The molecule has 2 saturated heterocycles. The minimum atomic E-state index is -0.734. The Bertz CT molecular complexity index is 1240. The molecule has 0 unspecified atom stereocenters. The van der Waals surface area contributed by atoms with E-state index in [1.54, 1.807) is 21.9 Å². The van der Waals surface area contributed by atoms with Crippen molar-refractivity contribution in [2.24, 2.45) is 5.92 Å². The summed E-state index contributed by atoms with van der Waals surface area (Å²) in [5, 5.41) is 3.35. The lowest BCUT2D eigenvalue weighted by Gasteiger charge is -2.38. The van der Waals surface area contributed by atoms with Crippen LogP contribution in [0.1, 0.15) is 44.7 Å². The van der Waals surface area contributed by atoms with Gasteiger partial charge in [0.2, 0.25) is 17.7 Å². The van der Waals surface area contributed by atoms with Gasteiger partial charge in [0.1, 0.15) is 17.7 Å². The van der Waals surface area contributed by atoms with E-state index in [-0.39, 0.29) is 23.3 Å². The lowest BCUT2D eigenvalue weighted by Crippen LogP contribution is -2.57. The monoisotopic (exact) mass is 574 g/mol. The summed E-state index contributed by atoms with van der Waals surface area (Å²) in [5.74, 6) is -2.78. The molecule has 0 saturated carbocycles. The summed E-state index contributed by atoms with van der Waals surface area (Å²) in [4.78, 5) is 44.6. The number of nitrogens with one attached hydrogen (secondary N) is 1. The second-order valence-corrected chi connectivity index (χ2v) is 12.1. The van der Waals surface area contributed by atoms with Crippen molar-refractivity contribution >= 4 is 29.3 Å². The molecule has 4 rings (SSSR count). The maximum absolute atomic E-state index is 14.8. The molecule has 40 heavy (non-hydrogen) atoms. The average Bonchev–Trinajstić information content (AvgIpc) is 3.34. The van der Waals surface area contributed by atoms with Crippen LogP contribution in [0.5, 0.6) is 0 Å². The Kier molecular flexibility index (Phi) is 9.15. The van der Waals surface area contributed by atoms with Crippen LogP contribution in [0.15, 0.2) is 42.5 Å². The molecule has 3 amide bonds. The number of carbonyl (C=O) groups is 3. The fourth-order valence-corrected chi connectivity index (χ4v) is 5.75. The van der Waals surface area contributed by atoms with E-state index in [2.05, 4.69) is 31.0 Å². The van der Waals surface area contributed by atoms with Gasteiger partial charge >= 0.3 is 0 Å². The van der Waals surface area contributed by atoms with Gasteiger partial charge in [0.05, 0.1) is 5.92 Å². The quantitative estimate of drug-likeness (QED) is 0.569. The Morgan fingerprint density at radius 1 is 0.975 bits per heavy atom. The normalized spacial score (nSPS) is 20.9. The Morgan fingerprint density at radius 2 is 1.60 bits per heavy atom. The van der Waals surface area contributed by atoms with E-state index in [0.29, 0.717) is 56.3 Å². The van der Waals surface area contributed by atoms with Crippen molar-refractivity contribution in [1.82, 2.24) is 20.0 Å². The van der Waals surface area contributed by atoms with Crippen LogP contribution < -0.4 is 5.32 Å². The predicted molar refractivity (Wildman–Crippen MR) is 150 cm³/mol. The highest BCUT2D eigenvalue weighted by atomic mass is 35.5. The van der Waals surface area contributed by atoms with Crippen molar-refractivity contribution in [3.05, 3.63) is 70.2 Å². The van der Waals surface area contributed by atoms with E-state index in [4.69, 9.17) is 11.6 Å². The predicted octanol–water partition coefficient (Wildman–Crippen LogP) is 3.85. The minimum Gasteiger partial charge on any atom is -0.344 e. The van der Waals surface area contributed by atoms with E-state index < -0.39 is 29.5 Å². The number of halogens is 3. The number of amides is 3. The number of benzene rings is 2. The molecule has 0 aromatic heterocycles. The van der Waals surface area contributed by atoms with Gasteiger partial charge in [0.15, 0.2) is 0 Å². The topological polar surface area (TPSA) is 73.0 Å². The lowest BCUT2D eigenvalue weighted by molar-refractivity contribution is -0.143. The molecular formula is C30H37ClF2N4O3. The van der Waals surface area contributed by atoms with Crippen molar-refractivity contribution in [1.29, 1.82) is 0 Å². The van der Waals surface area contributed by atoms with Gasteiger partial charge in [-0.25, -0.2) is 8.78 Å². The number of nitrogens with zero attached hydrogens (tertiary/aromatic N) is 3. The van der Waals surface area contributed by atoms with E-state index in [1.165, 1.54) is 19.1 Å². The van der Waals surface area contributed by atoms with Crippen molar-refractivity contribution in [2.45, 2.75) is 51.6 Å². The number of piperazine rings is 1. The van der Waals surface area contributed by atoms with Crippen molar-refractivity contribution in [2.75, 3.05) is 39.3 Å². The zero-order chi connectivity index (χ0) is 29.2. The summed E-state index contributed by atoms with van der Waals surface area (Å²) in [6.45, 7) is 9.82. The van der Waals surface area contributed by atoms with Gasteiger partial charge in [-0.15, -0.1) is 0 Å². The molecule has 2 heterocycles. The maximum atomic E-state index is 14.8. The number of hydrogen-bond donors (Lipinski definition) is 1. The molecule has 0 bridgehead atoms. The lowest BCUT2D eigenvalue weighted by atomic mass is 9.87. The van der Waals surface area contributed by atoms with Crippen LogP contribution in [-0.2, 0) is 20.8 Å². The Hall–Kier alpha value is -3.04. The van der Waals surface area contributed by atoms with Gasteiger partial charge in [-0.1, -0.05) is 29.8 Å². The molecule has 1 N–H and O–H groups in total. The molecule has 0 aliphatic carbocycles. The first kappa shape index (κ1) is 29.9. The van der Waals surface area contributed by atoms with Gasteiger partial charge in [-0.05, 0) is 50.1 Å². The standard InChI is InChI=1S/C30H37ClF2N4O3/c1-19(38)34-27(15-20-5-7-21(31)8-6-20)29(40)36-13-11-35(12-14-36)28(39)25-18-37(30(2,3)4)17-24(25)23-10-9-22(32)16-26(23)33/h5-10,16,24-25,27H,11-15,17-18H2,1-4H3,(H,34,38)/t24-,25+,27-/m0/s1. The number of carbonyl (C=O) groups excluding carboxylic acids is 3. The van der Waals surface area contributed by atoms with Crippen LogP contribution in [0.3, 0.4) is 0 Å². The van der Waals surface area contributed by atoms with Crippen molar-refractivity contribution in [3.63, 3.8) is 0 Å². The molecule has 216 valence electrons. The molecular weight excluding hydrogens is 538 g/mol. The zero-order valence-electron chi connectivity index (χ0n) is 23.4. The summed E-state index contributed by atoms with van der Waals surface area (Å²) in [7, 11) is 0. The molecule has 10 heteroatoms. The van der Waals surface area contributed by atoms with Crippen molar-refractivity contribution < 1.29 is 23.2 Å². The number of hydrogen-bond acceptors (Lipinski definition) is 4. The summed E-state index contributed by atoms with van der Waals surface area (Å²) >= 11 is 5.98. The average molecular weight is 575 g/mol. The first-order valence-corrected chi connectivity index (χ1v) is 14.0. The molecule has 2 aliphatic rings. The van der Waals surface area contributed by atoms with Gasteiger partial charge in [-0.3, -0.25) is 19.3 Å². The van der Waals surface area contributed by atoms with Crippen LogP contribution in [-0.4, -0.2) is 83.3 Å². The van der Waals surface area contributed by atoms with Gasteiger partial charge in [0, 0.05) is 75.2 Å². The molecule has 0 radical (unpaired) electrons. The van der Waals surface area contributed by atoms with Gasteiger partial charge in [-0.2, -0.15) is 0 Å². The first-order chi connectivity index (χ1) is 18.8. The maximum Gasteiger partial charge on any atom is 0.245 e. The molecule has 2 fully saturated rings. The molecule has 2 aliphatic heterocycles. The van der Waals surface area contributed by atoms with Gasteiger partial charge < -0.3 is 15.1 Å². The summed E-state index contributed by atoms with van der Waals surface area (Å²) < 4.78 is 28.5. The number of likely N-dealkylation sites (tertiary alicyclic amines) is 1. The second-order valence-electron chi connectivity index (χ2n) is 11.7. The fraction of sp³-hybridized carbons (Fsp3) is 0.500. The number of rotatable bonds is 6.